The fourth-order valence-corrected chi connectivity index (χ4v) is 2.71. The minimum absolute atomic E-state index is 0.314. The summed E-state index contributed by atoms with van der Waals surface area (Å²) >= 11 is 11.8. The maximum absolute atomic E-state index is 10.1. The molecule has 1 heterocycles. The Kier molecular flexibility index (Phi) is 5.31. The Hall–Kier alpha value is -0.280. The highest BCUT2D eigenvalue weighted by atomic mass is 35.5. The first-order valence-corrected chi connectivity index (χ1v) is 7.10. The van der Waals surface area contributed by atoms with Crippen LogP contribution in [-0.4, -0.2) is 24.4 Å². The number of hydrogen-bond donors (Lipinski definition) is 1. The fourth-order valence-electron chi connectivity index (χ4n) is 2.39. The lowest BCUT2D eigenvalue weighted by Crippen LogP contribution is -2.22. The van der Waals surface area contributed by atoms with Crippen molar-refractivity contribution in [2.45, 2.75) is 31.8 Å². The minimum Gasteiger partial charge on any atom is -0.393 e. The van der Waals surface area contributed by atoms with Crippen LogP contribution >= 0.6 is 23.2 Å². The maximum atomic E-state index is 10.1. The first kappa shape index (κ1) is 14.1. The van der Waals surface area contributed by atoms with Crippen molar-refractivity contribution in [3.05, 3.63) is 33.8 Å². The molecule has 1 unspecified atom stereocenters. The third-order valence-electron chi connectivity index (χ3n) is 3.40. The molecule has 1 aliphatic heterocycles. The van der Waals surface area contributed by atoms with Crippen LogP contribution in [0.4, 0.5) is 0 Å². The van der Waals surface area contributed by atoms with Gasteiger partial charge in [0.15, 0.2) is 0 Å². The molecule has 1 fully saturated rings. The van der Waals surface area contributed by atoms with E-state index < -0.39 is 0 Å². The van der Waals surface area contributed by atoms with Crippen LogP contribution in [0.3, 0.4) is 0 Å². The van der Waals surface area contributed by atoms with E-state index >= 15 is 0 Å². The second kappa shape index (κ2) is 6.76. The third-order valence-corrected chi connectivity index (χ3v) is 4.14. The lowest BCUT2D eigenvalue weighted by Gasteiger charge is -2.24. The van der Waals surface area contributed by atoms with E-state index in [0.29, 0.717) is 22.4 Å². The second-order valence-corrected chi connectivity index (χ2v) is 5.71. The van der Waals surface area contributed by atoms with Gasteiger partial charge in [0.05, 0.1) is 16.1 Å². The predicted molar refractivity (Wildman–Crippen MR) is 74.3 cm³/mol. The van der Waals surface area contributed by atoms with E-state index in [1.807, 2.05) is 12.1 Å². The van der Waals surface area contributed by atoms with Crippen molar-refractivity contribution in [2.24, 2.45) is 5.92 Å². The lowest BCUT2D eigenvalue weighted by atomic mass is 9.91. The van der Waals surface area contributed by atoms with E-state index in [0.717, 1.165) is 38.0 Å². The summed E-state index contributed by atoms with van der Waals surface area (Å²) in [6.07, 6.45) is 3.26. The topological polar surface area (TPSA) is 29.5 Å². The predicted octanol–water partition coefficient (Wildman–Crippen LogP) is 3.71. The average Bonchev–Trinajstić information content (AvgIpc) is 2.35. The number of ether oxygens (including phenoxy) is 1. The Morgan fingerprint density at radius 1 is 1.22 bits per heavy atom. The summed E-state index contributed by atoms with van der Waals surface area (Å²) in [7, 11) is 0. The van der Waals surface area contributed by atoms with E-state index in [4.69, 9.17) is 27.9 Å². The van der Waals surface area contributed by atoms with Crippen LogP contribution < -0.4 is 0 Å². The highest BCUT2D eigenvalue weighted by Crippen LogP contribution is 2.25. The van der Waals surface area contributed by atoms with Crippen molar-refractivity contribution in [1.29, 1.82) is 0 Å². The summed E-state index contributed by atoms with van der Waals surface area (Å²) in [5.41, 5.74) is 1.03. The van der Waals surface area contributed by atoms with Gasteiger partial charge >= 0.3 is 0 Å². The molecule has 18 heavy (non-hydrogen) atoms. The number of aliphatic hydroxyl groups excluding tert-OH is 1. The largest absolute Gasteiger partial charge is 0.393 e. The molecule has 0 aromatic heterocycles. The Balaban J connectivity index is 1.85. The first-order chi connectivity index (χ1) is 8.65. The molecule has 0 radical (unpaired) electrons. The number of aliphatic hydroxyl groups is 1. The molecule has 100 valence electrons. The SMILES string of the molecule is OC(Cc1ccc(Cl)c(Cl)c1)CC1CCOCC1. The number of benzene rings is 1. The van der Waals surface area contributed by atoms with Gasteiger partial charge in [-0.15, -0.1) is 0 Å². The normalized spacial score (nSPS) is 18.8. The average molecular weight is 289 g/mol. The van der Waals surface area contributed by atoms with E-state index in [1.54, 1.807) is 6.07 Å². The molecule has 0 saturated carbocycles. The van der Waals surface area contributed by atoms with Crippen LogP contribution in [0.5, 0.6) is 0 Å². The minimum atomic E-state index is -0.314. The molecule has 0 aliphatic carbocycles. The third kappa shape index (κ3) is 4.13. The summed E-state index contributed by atoms with van der Waals surface area (Å²) in [6.45, 7) is 1.65. The second-order valence-electron chi connectivity index (χ2n) is 4.90. The van der Waals surface area contributed by atoms with Crippen molar-refractivity contribution in [1.82, 2.24) is 0 Å². The van der Waals surface area contributed by atoms with Gasteiger partial charge in [0.1, 0.15) is 0 Å². The summed E-state index contributed by atoms with van der Waals surface area (Å²) < 4.78 is 5.31. The maximum Gasteiger partial charge on any atom is 0.0595 e. The lowest BCUT2D eigenvalue weighted by molar-refractivity contribution is 0.0439. The Morgan fingerprint density at radius 3 is 2.61 bits per heavy atom. The molecule has 1 aromatic rings. The van der Waals surface area contributed by atoms with Crippen LogP contribution in [0.2, 0.25) is 10.0 Å². The van der Waals surface area contributed by atoms with Gasteiger partial charge in [-0.1, -0.05) is 29.3 Å². The first-order valence-electron chi connectivity index (χ1n) is 6.35. The summed E-state index contributed by atoms with van der Waals surface area (Å²) in [5, 5.41) is 11.2. The van der Waals surface area contributed by atoms with Crippen molar-refractivity contribution >= 4 is 23.2 Å². The molecule has 1 aromatic carbocycles. The zero-order valence-electron chi connectivity index (χ0n) is 10.2. The van der Waals surface area contributed by atoms with Gasteiger partial charge < -0.3 is 9.84 Å². The molecule has 1 aliphatic rings. The van der Waals surface area contributed by atoms with Gasteiger partial charge in [0, 0.05) is 13.2 Å². The molecule has 1 N–H and O–H groups in total. The van der Waals surface area contributed by atoms with E-state index in [1.165, 1.54) is 0 Å². The van der Waals surface area contributed by atoms with Crippen molar-refractivity contribution < 1.29 is 9.84 Å². The molecule has 0 bridgehead atoms. The summed E-state index contributed by atoms with van der Waals surface area (Å²) in [5.74, 6) is 0.580. The molecule has 2 nitrogen and oxygen atoms in total. The molecular weight excluding hydrogens is 271 g/mol. The Bertz CT molecular complexity index is 389. The fraction of sp³-hybridized carbons (Fsp3) is 0.571. The van der Waals surface area contributed by atoms with E-state index in [9.17, 15) is 5.11 Å². The van der Waals surface area contributed by atoms with Crippen LogP contribution in [0, 0.1) is 5.92 Å². The monoisotopic (exact) mass is 288 g/mol. The van der Waals surface area contributed by atoms with Crippen LogP contribution in [0.25, 0.3) is 0 Å². The molecule has 0 amide bonds. The number of rotatable bonds is 4. The van der Waals surface area contributed by atoms with Gasteiger partial charge in [-0.25, -0.2) is 0 Å². The van der Waals surface area contributed by atoms with E-state index in [-0.39, 0.29) is 6.10 Å². The molecule has 2 rings (SSSR count). The Morgan fingerprint density at radius 2 is 1.94 bits per heavy atom. The van der Waals surface area contributed by atoms with Gasteiger partial charge in [0.25, 0.3) is 0 Å². The highest BCUT2D eigenvalue weighted by Gasteiger charge is 2.18. The van der Waals surface area contributed by atoms with Crippen molar-refractivity contribution in [3.8, 4) is 0 Å². The standard InChI is InChI=1S/C14H18Cl2O2/c15-13-2-1-11(9-14(13)16)8-12(17)7-10-3-5-18-6-4-10/h1-2,9-10,12,17H,3-8H2. The van der Waals surface area contributed by atoms with Gasteiger partial charge in [0.2, 0.25) is 0 Å². The molecule has 1 atom stereocenters. The molecule has 1 saturated heterocycles. The van der Waals surface area contributed by atoms with Crippen molar-refractivity contribution in [3.63, 3.8) is 0 Å². The molecule has 4 heteroatoms. The van der Waals surface area contributed by atoms with E-state index in [2.05, 4.69) is 0 Å². The molecular formula is C14H18Cl2O2. The van der Waals surface area contributed by atoms with Crippen LogP contribution in [0.1, 0.15) is 24.8 Å². The number of halogens is 2. The quantitative estimate of drug-likeness (QED) is 0.915. The zero-order valence-corrected chi connectivity index (χ0v) is 11.8. The van der Waals surface area contributed by atoms with Crippen molar-refractivity contribution in [2.75, 3.05) is 13.2 Å². The van der Waals surface area contributed by atoms with Gasteiger partial charge in [-0.3, -0.25) is 0 Å². The summed E-state index contributed by atoms with van der Waals surface area (Å²) in [4.78, 5) is 0. The number of hydrogen-bond acceptors (Lipinski definition) is 2. The zero-order chi connectivity index (χ0) is 13.0. The van der Waals surface area contributed by atoms with Crippen LogP contribution in [0.15, 0.2) is 18.2 Å². The smallest absolute Gasteiger partial charge is 0.0595 e. The highest BCUT2D eigenvalue weighted by molar-refractivity contribution is 6.42. The summed E-state index contributed by atoms with van der Waals surface area (Å²) in [6, 6.07) is 5.53. The van der Waals surface area contributed by atoms with Crippen LogP contribution in [-0.2, 0) is 11.2 Å². The Labute approximate surface area is 118 Å². The molecule has 0 spiro atoms. The van der Waals surface area contributed by atoms with Gasteiger partial charge in [-0.05, 0) is 49.3 Å². The van der Waals surface area contributed by atoms with Gasteiger partial charge in [-0.2, -0.15) is 0 Å².